The first-order valence-corrected chi connectivity index (χ1v) is 8.36. The van der Waals surface area contributed by atoms with Gasteiger partial charge in [-0.25, -0.2) is 0 Å². The number of piperidine rings is 1. The van der Waals surface area contributed by atoms with Crippen LogP contribution in [-0.4, -0.2) is 12.6 Å². The van der Waals surface area contributed by atoms with Crippen LogP contribution in [0.3, 0.4) is 0 Å². The van der Waals surface area contributed by atoms with Gasteiger partial charge in [0.1, 0.15) is 0 Å². The minimum absolute atomic E-state index is 0.618. The van der Waals surface area contributed by atoms with Gasteiger partial charge in [0.15, 0.2) is 0 Å². The third kappa shape index (κ3) is 2.13. The molecule has 1 saturated heterocycles. The predicted molar refractivity (Wildman–Crippen MR) is 89.5 cm³/mol. The van der Waals surface area contributed by atoms with Gasteiger partial charge in [0.05, 0.1) is 0 Å². The van der Waals surface area contributed by atoms with Gasteiger partial charge >= 0.3 is 0 Å². The molecular weight excluding hydrogens is 256 g/mol. The highest BCUT2D eigenvalue weighted by Crippen LogP contribution is 2.41. The van der Waals surface area contributed by atoms with E-state index in [0.29, 0.717) is 6.54 Å². The second kappa shape index (κ2) is 5.34. The van der Waals surface area contributed by atoms with Crippen LogP contribution in [0.4, 0.5) is 5.69 Å². The van der Waals surface area contributed by atoms with Crippen LogP contribution >= 0.6 is 0 Å². The average Bonchev–Trinajstić information content (AvgIpc) is 3.02. The van der Waals surface area contributed by atoms with Gasteiger partial charge in [-0.05, 0) is 48.6 Å². The maximum Gasteiger partial charge on any atom is 0.0448 e. The second-order valence-electron chi connectivity index (χ2n) is 6.59. The Labute approximate surface area is 126 Å². The van der Waals surface area contributed by atoms with Crippen molar-refractivity contribution >= 4 is 16.5 Å². The number of hydrogen-bond donors (Lipinski definition) is 1. The zero-order valence-corrected chi connectivity index (χ0v) is 12.6. The number of nitrogens with two attached hydrogens (primary N) is 1. The number of benzene rings is 2. The molecule has 1 aliphatic heterocycles. The van der Waals surface area contributed by atoms with Gasteiger partial charge in [-0.15, -0.1) is 0 Å². The highest BCUT2D eigenvalue weighted by molar-refractivity contribution is 5.96. The Morgan fingerprint density at radius 2 is 1.76 bits per heavy atom. The molecular formula is C19H24N2. The molecule has 2 atom stereocenters. The molecule has 2 aliphatic rings. The molecule has 2 heteroatoms. The van der Waals surface area contributed by atoms with E-state index in [1.54, 1.807) is 0 Å². The lowest BCUT2D eigenvalue weighted by Crippen LogP contribution is -2.42. The Bertz CT molecular complexity index is 649. The van der Waals surface area contributed by atoms with Gasteiger partial charge in [-0.2, -0.15) is 0 Å². The molecule has 2 aromatic rings. The molecule has 2 unspecified atom stereocenters. The summed E-state index contributed by atoms with van der Waals surface area (Å²) < 4.78 is 0. The molecule has 2 N–H and O–H groups in total. The summed E-state index contributed by atoms with van der Waals surface area (Å²) in [6, 6.07) is 14.1. The lowest BCUT2D eigenvalue weighted by Gasteiger charge is -2.40. The summed E-state index contributed by atoms with van der Waals surface area (Å²) in [6.07, 6.45) is 6.98. The van der Waals surface area contributed by atoms with E-state index in [9.17, 15) is 0 Å². The molecule has 4 rings (SSSR count). The lowest BCUT2D eigenvalue weighted by atomic mass is 9.90. The summed E-state index contributed by atoms with van der Waals surface area (Å²) in [5, 5.41) is 2.71. The van der Waals surface area contributed by atoms with Crippen LogP contribution in [0, 0.1) is 5.92 Å². The molecule has 0 radical (unpaired) electrons. The van der Waals surface area contributed by atoms with Crippen molar-refractivity contribution in [1.82, 2.24) is 0 Å². The fourth-order valence-corrected chi connectivity index (χ4v) is 4.53. The van der Waals surface area contributed by atoms with E-state index in [1.165, 1.54) is 60.7 Å². The van der Waals surface area contributed by atoms with E-state index in [0.717, 1.165) is 12.0 Å². The Morgan fingerprint density at radius 1 is 0.952 bits per heavy atom. The van der Waals surface area contributed by atoms with Crippen molar-refractivity contribution < 1.29 is 0 Å². The molecule has 1 saturated carbocycles. The van der Waals surface area contributed by atoms with Crippen molar-refractivity contribution in [3.05, 3.63) is 42.0 Å². The molecule has 2 aromatic carbocycles. The number of hydrogen-bond acceptors (Lipinski definition) is 2. The van der Waals surface area contributed by atoms with Crippen molar-refractivity contribution in [1.29, 1.82) is 0 Å². The third-order valence-corrected chi connectivity index (χ3v) is 5.51. The Morgan fingerprint density at radius 3 is 2.62 bits per heavy atom. The van der Waals surface area contributed by atoms with Crippen LogP contribution in [0.15, 0.2) is 36.4 Å². The maximum absolute atomic E-state index is 5.92. The molecule has 1 aliphatic carbocycles. The lowest BCUT2D eigenvalue weighted by molar-refractivity contribution is 0.363. The monoisotopic (exact) mass is 280 g/mol. The van der Waals surface area contributed by atoms with Gasteiger partial charge in [0.2, 0.25) is 0 Å². The Kier molecular flexibility index (Phi) is 3.34. The van der Waals surface area contributed by atoms with Gasteiger partial charge < -0.3 is 10.6 Å². The summed E-state index contributed by atoms with van der Waals surface area (Å²) in [5.41, 5.74) is 8.61. The van der Waals surface area contributed by atoms with Crippen LogP contribution < -0.4 is 10.6 Å². The fourth-order valence-electron chi connectivity index (χ4n) is 4.53. The first kappa shape index (κ1) is 13.1. The standard InChI is InChI=1S/C19H24N2/c20-13-15-10-11-19(17-8-2-1-7-16(15)17)21-12-4-6-14-5-3-9-18(14)21/h1-2,7-8,10-11,14,18H,3-6,9,12-13,20H2. The maximum atomic E-state index is 5.92. The average molecular weight is 280 g/mol. The number of fused-ring (bicyclic) bond motifs is 2. The van der Waals surface area contributed by atoms with E-state index in [2.05, 4.69) is 41.3 Å². The first-order valence-electron chi connectivity index (χ1n) is 8.36. The van der Waals surface area contributed by atoms with Gasteiger partial charge in [0.25, 0.3) is 0 Å². The van der Waals surface area contributed by atoms with Crippen LogP contribution in [0.2, 0.25) is 0 Å². The largest absolute Gasteiger partial charge is 0.368 e. The van der Waals surface area contributed by atoms with Gasteiger partial charge in [0, 0.05) is 30.2 Å². The van der Waals surface area contributed by atoms with E-state index in [4.69, 9.17) is 5.73 Å². The fraction of sp³-hybridized carbons (Fsp3) is 0.474. The molecule has 0 bridgehead atoms. The summed E-state index contributed by atoms with van der Waals surface area (Å²) in [5.74, 6) is 0.923. The molecule has 110 valence electrons. The second-order valence-corrected chi connectivity index (χ2v) is 6.59. The van der Waals surface area contributed by atoms with Gasteiger partial charge in [-0.3, -0.25) is 0 Å². The summed E-state index contributed by atoms with van der Waals surface area (Å²) >= 11 is 0. The molecule has 0 amide bonds. The van der Waals surface area contributed by atoms with E-state index < -0.39 is 0 Å². The highest BCUT2D eigenvalue weighted by atomic mass is 15.2. The van der Waals surface area contributed by atoms with Gasteiger partial charge in [-0.1, -0.05) is 36.8 Å². The normalized spacial score (nSPS) is 25.3. The molecule has 0 spiro atoms. The van der Waals surface area contributed by atoms with Crippen LogP contribution in [0.1, 0.15) is 37.7 Å². The van der Waals surface area contributed by atoms with Crippen LogP contribution in [-0.2, 0) is 6.54 Å². The topological polar surface area (TPSA) is 29.3 Å². The molecule has 21 heavy (non-hydrogen) atoms. The number of nitrogens with zero attached hydrogens (tertiary/aromatic N) is 1. The SMILES string of the molecule is NCc1ccc(N2CCCC3CCCC32)c2ccccc12. The predicted octanol–water partition coefficient (Wildman–Crippen LogP) is 4.07. The molecule has 2 fully saturated rings. The Hall–Kier alpha value is -1.54. The van der Waals surface area contributed by atoms with E-state index in [-0.39, 0.29) is 0 Å². The molecule has 2 nitrogen and oxygen atoms in total. The molecule has 0 aromatic heterocycles. The quantitative estimate of drug-likeness (QED) is 0.898. The third-order valence-electron chi connectivity index (χ3n) is 5.51. The summed E-state index contributed by atoms with van der Waals surface area (Å²) in [4.78, 5) is 2.70. The molecule has 1 heterocycles. The van der Waals surface area contributed by atoms with Crippen LogP contribution in [0.25, 0.3) is 10.8 Å². The highest BCUT2D eigenvalue weighted by Gasteiger charge is 2.35. The summed E-state index contributed by atoms with van der Waals surface area (Å²) in [7, 11) is 0. The summed E-state index contributed by atoms with van der Waals surface area (Å²) in [6.45, 7) is 1.83. The zero-order valence-electron chi connectivity index (χ0n) is 12.6. The van der Waals surface area contributed by atoms with Crippen molar-refractivity contribution in [2.75, 3.05) is 11.4 Å². The first-order chi connectivity index (χ1) is 10.4. The minimum atomic E-state index is 0.618. The van der Waals surface area contributed by atoms with E-state index >= 15 is 0 Å². The van der Waals surface area contributed by atoms with E-state index in [1.807, 2.05) is 0 Å². The minimum Gasteiger partial charge on any atom is -0.368 e. The Balaban J connectivity index is 1.83. The zero-order chi connectivity index (χ0) is 14.2. The van der Waals surface area contributed by atoms with Crippen molar-refractivity contribution in [2.24, 2.45) is 11.7 Å². The van der Waals surface area contributed by atoms with Crippen molar-refractivity contribution in [3.8, 4) is 0 Å². The number of rotatable bonds is 2. The van der Waals surface area contributed by atoms with Crippen molar-refractivity contribution in [2.45, 2.75) is 44.7 Å². The smallest absolute Gasteiger partial charge is 0.0448 e. The van der Waals surface area contributed by atoms with Crippen LogP contribution in [0.5, 0.6) is 0 Å². The van der Waals surface area contributed by atoms with Crippen molar-refractivity contribution in [3.63, 3.8) is 0 Å². The number of anilines is 1.